The maximum absolute atomic E-state index is 12.1. The van der Waals surface area contributed by atoms with Crippen LogP contribution < -0.4 is 5.73 Å². The van der Waals surface area contributed by atoms with Gasteiger partial charge in [0.2, 0.25) is 0 Å². The Morgan fingerprint density at radius 1 is 1.19 bits per heavy atom. The van der Waals surface area contributed by atoms with Crippen LogP contribution >= 0.6 is 23.4 Å². The van der Waals surface area contributed by atoms with Gasteiger partial charge in [-0.2, -0.15) is 0 Å². The van der Waals surface area contributed by atoms with Gasteiger partial charge in [0.15, 0.2) is 0 Å². The van der Waals surface area contributed by atoms with E-state index in [0.29, 0.717) is 10.8 Å². The number of thioether (sulfide) groups is 1. The number of hydrogen-bond acceptors (Lipinski definition) is 4. The summed E-state index contributed by atoms with van der Waals surface area (Å²) in [7, 11) is 1.34. The average Bonchev–Trinajstić information content (AvgIpc) is 2.54. The van der Waals surface area contributed by atoms with Crippen LogP contribution in [0.15, 0.2) is 59.5 Å². The zero-order chi connectivity index (χ0) is 15.3. The highest BCUT2D eigenvalue weighted by molar-refractivity contribution is 7.99. The fraction of sp³-hybridized carbons (Fsp3) is 0.188. The third-order valence-electron chi connectivity index (χ3n) is 3.13. The number of carbonyl (C=O) groups is 1. The Kier molecular flexibility index (Phi) is 5.28. The SMILES string of the molecule is COC(=O)C(N)(CSc1ccccc1Cl)c1ccccc1. The molecule has 1 unspecified atom stereocenters. The number of rotatable bonds is 5. The number of halogens is 1. The number of nitrogens with two attached hydrogens (primary N) is 1. The van der Waals surface area contributed by atoms with Crippen molar-refractivity contribution in [3.05, 3.63) is 65.2 Å². The molecule has 1 atom stereocenters. The summed E-state index contributed by atoms with van der Waals surface area (Å²) >= 11 is 7.57. The Labute approximate surface area is 133 Å². The van der Waals surface area contributed by atoms with Crippen LogP contribution in [0.3, 0.4) is 0 Å². The number of hydrogen-bond donors (Lipinski definition) is 1. The summed E-state index contributed by atoms with van der Waals surface area (Å²) < 4.78 is 4.88. The van der Waals surface area contributed by atoms with Crippen LogP contribution in [0.5, 0.6) is 0 Å². The minimum Gasteiger partial charge on any atom is -0.467 e. The van der Waals surface area contributed by atoms with Gasteiger partial charge >= 0.3 is 5.97 Å². The molecule has 0 heterocycles. The largest absolute Gasteiger partial charge is 0.467 e. The molecule has 0 spiro atoms. The van der Waals surface area contributed by atoms with Crippen molar-refractivity contribution in [2.45, 2.75) is 10.4 Å². The van der Waals surface area contributed by atoms with Crippen LogP contribution in [0, 0.1) is 0 Å². The van der Waals surface area contributed by atoms with Crippen LogP contribution in [0.4, 0.5) is 0 Å². The molecular weight excluding hydrogens is 306 g/mol. The summed E-state index contributed by atoms with van der Waals surface area (Å²) in [6, 6.07) is 16.7. The highest BCUT2D eigenvalue weighted by atomic mass is 35.5. The van der Waals surface area contributed by atoms with Crippen molar-refractivity contribution in [1.82, 2.24) is 0 Å². The summed E-state index contributed by atoms with van der Waals surface area (Å²) in [6.45, 7) is 0. The Hall–Kier alpha value is -1.49. The minimum absolute atomic E-state index is 0.341. The van der Waals surface area contributed by atoms with E-state index in [2.05, 4.69) is 0 Å². The van der Waals surface area contributed by atoms with E-state index in [0.717, 1.165) is 10.5 Å². The predicted molar refractivity (Wildman–Crippen MR) is 86.5 cm³/mol. The van der Waals surface area contributed by atoms with E-state index in [9.17, 15) is 4.79 Å². The van der Waals surface area contributed by atoms with Crippen molar-refractivity contribution in [3.8, 4) is 0 Å². The molecule has 2 N–H and O–H groups in total. The highest BCUT2D eigenvalue weighted by Gasteiger charge is 2.37. The molecule has 0 saturated heterocycles. The van der Waals surface area contributed by atoms with Gasteiger partial charge in [0.25, 0.3) is 0 Å². The lowest BCUT2D eigenvalue weighted by molar-refractivity contribution is -0.146. The van der Waals surface area contributed by atoms with Gasteiger partial charge in [-0.05, 0) is 17.7 Å². The van der Waals surface area contributed by atoms with Crippen LogP contribution in [0.1, 0.15) is 5.56 Å². The molecule has 0 amide bonds. The van der Waals surface area contributed by atoms with Crippen LogP contribution in [-0.2, 0) is 15.1 Å². The molecule has 0 saturated carbocycles. The minimum atomic E-state index is -1.21. The zero-order valence-electron chi connectivity index (χ0n) is 11.6. The molecular formula is C16H16ClNO2S. The monoisotopic (exact) mass is 321 g/mol. The maximum Gasteiger partial charge on any atom is 0.331 e. The van der Waals surface area contributed by atoms with Crippen molar-refractivity contribution in [2.24, 2.45) is 5.73 Å². The van der Waals surface area contributed by atoms with E-state index >= 15 is 0 Å². The van der Waals surface area contributed by atoms with E-state index in [1.165, 1.54) is 18.9 Å². The molecule has 0 fully saturated rings. The summed E-state index contributed by atoms with van der Waals surface area (Å²) in [5.74, 6) is -0.124. The second-order valence-electron chi connectivity index (χ2n) is 4.55. The van der Waals surface area contributed by atoms with E-state index in [1.54, 1.807) is 0 Å². The summed E-state index contributed by atoms with van der Waals surface area (Å²) in [5.41, 5.74) is 5.84. The zero-order valence-corrected chi connectivity index (χ0v) is 13.2. The third-order valence-corrected chi connectivity index (χ3v) is 4.84. The second kappa shape index (κ2) is 6.98. The highest BCUT2D eigenvalue weighted by Crippen LogP contribution is 2.32. The fourth-order valence-electron chi connectivity index (χ4n) is 1.93. The van der Waals surface area contributed by atoms with Crippen molar-refractivity contribution in [3.63, 3.8) is 0 Å². The van der Waals surface area contributed by atoms with Gasteiger partial charge < -0.3 is 10.5 Å². The molecule has 0 aromatic heterocycles. The van der Waals surface area contributed by atoms with E-state index in [-0.39, 0.29) is 0 Å². The number of esters is 1. The van der Waals surface area contributed by atoms with Gasteiger partial charge in [-0.25, -0.2) is 4.79 Å². The van der Waals surface area contributed by atoms with E-state index in [4.69, 9.17) is 22.1 Å². The number of benzene rings is 2. The Morgan fingerprint density at radius 2 is 1.81 bits per heavy atom. The van der Waals surface area contributed by atoms with Gasteiger partial charge in [-0.1, -0.05) is 54.1 Å². The molecule has 110 valence electrons. The van der Waals surface area contributed by atoms with Crippen molar-refractivity contribution in [2.75, 3.05) is 12.9 Å². The summed E-state index contributed by atoms with van der Waals surface area (Å²) in [5, 5.41) is 0.641. The molecule has 2 rings (SSSR count). The molecule has 0 aliphatic carbocycles. The second-order valence-corrected chi connectivity index (χ2v) is 5.97. The molecule has 5 heteroatoms. The molecule has 2 aromatic rings. The Morgan fingerprint density at radius 3 is 2.43 bits per heavy atom. The molecule has 2 aromatic carbocycles. The first-order valence-corrected chi connectivity index (χ1v) is 7.74. The molecule has 0 aliphatic heterocycles. The number of ether oxygens (including phenoxy) is 1. The number of carbonyl (C=O) groups excluding carboxylic acids is 1. The first-order chi connectivity index (χ1) is 10.1. The lowest BCUT2D eigenvalue weighted by Crippen LogP contribution is -2.48. The summed E-state index contributed by atoms with van der Waals surface area (Å²) in [6.07, 6.45) is 0. The van der Waals surface area contributed by atoms with Gasteiger partial charge in [0.05, 0.1) is 12.1 Å². The molecule has 3 nitrogen and oxygen atoms in total. The maximum atomic E-state index is 12.1. The first-order valence-electron chi connectivity index (χ1n) is 6.38. The molecule has 0 aliphatic rings. The van der Waals surface area contributed by atoms with Gasteiger partial charge in [0.1, 0.15) is 5.54 Å². The van der Waals surface area contributed by atoms with Crippen LogP contribution in [0.25, 0.3) is 0 Å². The first kappa shape index (κ1) is 15.9. The lowest BCUT2D eigenvalue weighted by Gasteiger charge is -2.26. The quantitative estimate of drug-likeness (QED) is 0.677. The van der Waals surface area contributed by atoms with Gasteiger partial charge in [-0.15, -0.1) is 11.8 Å². The molecule has 0 radical (unpaired) electrons. The topological polar surface area (TPSA) is 52.3 Å². The van der Waals surface area contributed by atoms with Gasteiger partial charge in [0, 0.05) is 10.6 Å². The third kappa shape index (κ3) is 3.59. The Balaban J connectivity index is 2.26. The standard InChI is InChI=1S/C16H16ClNO2S/c1-20-15(19)16(18,12-7-3-2-4-8-12)11-21-14-10-6-5-9-13(14)17/h2-10H,11,18H2,1H3. The fourth-order valence-corrected chi connectivity index (χ4v) is 3.28. The lowest BCUT2D eigenvalue weighted by atomic mass is 9.93. The van der Waals surface area contributed by atoms with Gasteiger partial charge in [-0.3, -0.25) is 0 Å². The van der Waals surface area contributed by atoms with Crippen molar-refractivity contribution in [1.29, 1.82) is 0 Å². The van der Waals surface area contributed by atoms with E-state index in [1.807, 2.05) is 54.6 Å². The predicted octanol–water partition coefficient (Wildman–Crippen LogP) is 3.46. The van der Waals surface area contributed by atoms with Crippen LogP contribution in [-0.4, -0.2) is 18.8 Å². The van der Waals surface area contributed by atoms with Crippen molar-refractivity contribution >= 4 is 29.3 Å². The van der Waals surface area contributed by atoms with Crippen molar-refractivity contribution < 1.29 is 9.53 Å². The van der Waals surface area contributed by atoms with Crippen LogP contribution in [0.2, 0.25) is 5.02 Å². The van der Waals surface area contributed by atoms with E-state index < -0.39 is 11.5 Å². The normalized spacial score (nSPS) is 13.5. The molecule has 21 heavy (non-hydrogen) atoms. The summed E-state index contributed by atoms with van der Waals surface area (Å²) in [4.78, 5) is 13.0. The average molecular weight is 322 g/mol. The smallest absolute Gasteiger partial charge is 0.331 e. The molecule has 0 bridgehead atoms. The Bertz CT molecular complexity index is 621. The number of methoxy groups -OCH3 is 1.